The molecular weight excluding hydrogens is 248 g/mol. The average molecular weight is 266 g/mol. The zero-order valence-electron chi connectivity index (χ0n) is 10.9. The summed E-state index contributed by atoms with van der Waals surface area (Å²) >= 11 is 0. The van der Waals surface area contributed by atoms with Crippen LogP contribution in [0.3, 0.4) is 0 Å². The van der Waals surface area contributed by atoms with E-state index in [-0.39, 0.29) is 5.25 Å². The highest BCUT2D eigenvalue weighted by Gasteiger charge is 2.13. The van der Waals surface area contributed by atoms with Crippen LogP contribution in [-0.4, -0.2) is 30.2 Å². The maximum absolute atomic E-state index is 11.3. The number of hydrogen-bond donors (Lipinski definition) is 1. The fourth-order valence-electron chi connectivity index (χ4n) is 1.85. The summed E-state index contributed by atoms with van der Waals surface area (Å²) in [5.41, 5.74) is 8.64. The smallest absolute Gasteiger partial charge is 0.202 e. The number of nitrogens with two attached hydrogens (primary N) is 1. The third-order valence-electron chi connectivity index (χ3n) is 3.19. The molecule has 0 aliphatic rings. The first-order valence-corrected chi connectivity index (χ1v) is 7.52. The zero-order valence-corrected chi connectivity index (χ0v) is 11.7. The van der Waals surface area contributed by atoms with Gasteiger partial charge in [-0.15, -0.1) is 0 Å². The second-order valence-electron chi connectivity index (χ2n) is 4.52. The van der Waals surface area contributed by atoms with Crippen molar-refractivity contribution in [2.24, 2.45) is 0 Å². The number of nitrogens with zero attached hydrogens (tertiary/aromatic N) is 3. The van der Waals surface area contributed by atoms with E-state index in [1.54, 1.807) is 12.5 Å². The molecule has 0 aliphatic carbocycles. The minimum atomic E-state index is -0.812. The standard InChI is InChI=1S/C12H18N4OS/c1-8-4-6-14-11-10(8)15-12(13)16(11)7-5-9(2)18(3)17/h4,6,9H,5,7H2,1-3H3,(H2,13,15). The molecule has 0 saturated carbocycles. The second-order valence-corrected chi connectivity index (χ2v) is 6.32. The molecule has 2 heterocycles. The normalized spacial score (nSPS) is 14.8. The topological polar surface area (TPSA) is 73.8 Å². The summed E-state index contributed by atoms with van der Waals surface area (Å²) in [5.74, 6) is 0.473. The predicted octanol–water partition coefficient (Wildman–Crippen LogP) is 1.48. The van der Waals surface area contributed by atoms with Crippen LogP contribution in [0.1, 0.15) is 18.9 Å². The monoisotopic (exact) mass is 266 g/mol. The molecule has 2 atom stereocenters. The average Bonchev–Trinajstić information content (AvgIpc) is 2.64. The van der Waals surface area contributed by atoms with Gasteiger partial charge in [0.15, 0.2) is 5.65 Å². The van der Waals surface area contributed by atoms with Gasteiger partial charge < -0.3 is 5.73 Å². The number of aryl methyl sites for hydroxylation is 2. The summed E-state index contributed by atoms with van der Waals surface area (Å²) in [6.07, 6.45) is 4.29. The van der Waals surface area contributed by atoms with Crippen LogP contribution in [0.2, 0.25) is 0 Å². The maximum Gasteiger partial charge on any atom is 0.202 e. The number of fused-ring (bicyclic) bond motifs is 1. The Hall–Kier alpha value is -1.43. The molecule has 0 amide bonds. The van der Waals surface area contributed by atoms with E-state index >= 15 is 0 Å². The van der Waals surface area contributed by atoms with Crippen molar-refractivity contribution in [1.82, 2.24) is 14.5 Å². The number of hydrogen-bond acceptors (Lipinski definition) is 4. The molecule has 2 aromatic rings. The number of pyridine rings is 1. The molecule has 0 radical (unpaired) electrons. The Labute approximate surface area is 109 Å². The number of imidazole rings is 1. The van der Waals surface area contributed by atoms with Gasteiger partial charge in [0.05, 0.1) is 0 Å². The van der Waals surface area contributed by atoms with E-state index in [9.17, 15) is 4.21 Å². The van der Waals surface area contributed by atoms with Crippen LogP contribution in [0.4, 0.5) is 5.95 Å². The molecule has 0 spiro atoms. The fourth-order valence-corrected chi connectivity index (χ4v) is 2.29. The SMILES string of the molecule is Cc1ccnc2c1nc(N)n2CCC(C)S(C)=O. The van der Waals surface area contributed by atoms with E-state index in [2.05, 4.69) is 9.97 Å². The Balaban J connectivity index is 2.31. The quantitative estimate of drug-likeness (QED) is 0.909. The number of aromatic nitrogens is 3. The molecular formula is C12H18N4OS. The van der Waals surface area contributed by atoms with Gasteiger partial charge in [-0.3, -0.25) is 8.78 Å². The minimum absolute atomic E-state index is 0.145. The molecule has 0 bridgehead atoms. The number of rotatable bonds is 4. The van der Waals surface area contributed by atoms with Crippen LogP contribution >= 0.6 is 0 Å². The summed E-state index contributed by atoms with van der Waals surface area (Å²) in [6, 6.07) is 1.92. The summed E-state index contributed by atoms with van der Waals surface area (Å²) in [7, 11) is -0.812. The van der Waals surface area contributed by atoms with Gasteiger partial charge in [-0.05, 0) is 25.0 Å². The number of anilines is 1. The lowest BCUT2D eigenvalue weighted by atomic mass is 10.3. The van der Waals surface area contributed by atoms with Crippen molar-refractivity contribution >= 4 is 27.9 Å². The molecule has 2 aromatic heterocycles. The molecule has 0 saturated heterocycles. The Morgan fingerprint density at radius 1 is 1.56 bits per heavy atom. The molecule has 0 aliphatic heterocycles. The lowest BCUT2D eigenvalue weighted by molar-refractivity contribution is 0.631. The van der Waals surface area contributed by atoms with Gasteiger partial charge in [0, 0.05) is 35.0 Å². The van der Waals surface area contributed by atoms with Crippen molar-refractivity contribution in [3.8, 4) is 0 Å². The molecule has 2 N–H and O–H groups in total. The summed E-state index contributed by atoms with van der Waals surface area (Å²) in [4.78, 5) is 8.67. The first-order chi connectivity index (χ1) is 8.50. The highest BCUT2D eigenvalue weighted by Crippen LogP contribution is 2.19. The molecule has 18 heavy (non-hydrogen) atoms. The van der Waals surface area contributed by atoms with E-state index in [1.807, 2.05) is 24.5 Å². The summed E-state index contributed by atoms with van der Waals surface area (Å²) < 4.78 is 13.2. The molecule has 2 unspecified atom stereocenters. The Morgan fingerprint density at radius 3 is 2.94 bits per heavy atom. The van der Waals surface area contributed by atoms with Crippen molar-refractivity contribution in [2.45, 2.75) is 32.1 Å². The van der Waals surface area contributed by atoms with Gasteiger partial charge in [-0.1, -0.05) is 6.92 Å². The van der Waals surface area contributed by atoms with Crippen LogP contribution in [-0.2, 0) is 17.3 Å². The van der Waals surface area contributed by atoms with Crippen LogP contribution in [0.5, 0.6) is 0 Å². The zero-order chi connectivity index (χ0) is 13.3. The Bertz CT molecular complexity index is 593. The van der Waals surface area contributed by atoms with Gasteiger partial charge >= 0.3 is 0 Å². The molecule has 2 rings (SSSR count). The molecule has 98 valence electrons. The van der Waals surface area contributed by atoms with Crippen molar-refractivity contribution in [1.29, 1.82) is 0 Å². The van der Waals surface area contributed by atoms with E-state index in [0.717, 1.165) is 23.1 Å². The largest absolute Gasteiger partial charge is 0.369 e. The first-order valence-electron chi connectivity index (χ1n) is 5.90. The van der Waals surface area contributed by atoms with Gasteiger partial charge in [-0.2, -0.15) is 0 Å². The summed E-state index contributed by atoms with van der Waals surface area (Å²) in [5, 5.41) is 0.145. The third kappa shape index (κ3) is 2.38. The van der Waals surface area contributed by atoms with Crippen molar-refractivity contribution in [3.05, 3.63) is 17.8 Å². The molecule has 0 fully saturated rings. The van der Waals surface area contributed by atoms with E-state index in [0.29, 0.717) is 12.5 Å². The van der Waals surface area contributed by atoms with Gasteiger partial charge in [0.2, 0.25) is 5.95 Å². The maximum atomic E-state index is 11.3. The van der Waals surface area contributed by atoms with E-state index in [4.69, 9.17) is 5.73 Å². The van der Waals surface area contributed by atoms with Crippen LogP contribution in [0, 0.1) is 6.92 Å². The van der Waals surface area contributed by atoms with E-state index < -0.39 is 10.8 Å². The van der Waals surface area contributed by atoms with Crippen molar-refractivity contribution in [3.63, 3.8) is 0 Å². The molecule has 0 aromatic carbocycles. The summed E-state index contributed by atoms with van der Waals surface area (Å²) in [6.45, 7) is 4.66. The van der Waals surface area contributed by atoms with Gasteiger partial charge in [0.1, 0.15) is 5.52 Å². The van der Waals surface area contributed by atoms with Crippen molar-refractivity contribution in [2.75, 3.05) is 12.0 Å². The fraction of sp³-hybridized carbons (Fsp3) is 0.500. The Morgan fingerprint density at radius 2 is 2.28 bits per heavy atom. The highest BCUT2D eigenvalue weighted by atomic mass is 32.2. The predicted molar refractivity (Wildman–Crippen MR) is 74.8 cm³/mol. The molecule has 5 nitrogen and oxygen atoms in total. The van der Waals surface area contributed by atoms with Crippen molar-refractivity contribution < 1.29 is 4.21 Å². The second kappa shape index (κ2) is 5.06. The lowest BCUT2D eigenvalue weighted by Gasteiger charge is -2.10. The number of nitrogen functional groups attached to an aromatic ring is 1. The Kier molecular flexibility index (Phi) is 3.65. The first kappa shape index (κ1) is 13.0. The lowest BCUT2D eigenvalue weighted by Crippen LogP contribution is -2.14. The van der Waals surface area contributed by atoms with Crippen LogP contribution in [0.15, 0.2) is 12.3 Å². The molecule has 6 heteroatoms. The minimum Gasteiger partial charge on any atom is -0.369 e. The van der Waals surface area contributed by atoms with Gasteiger partial charge in [-0.25, -0.2) is 9.97 Å². The third-order valence-corrected chi connectivity index (χ3v) is 4.56. The van der Waals surface area contributed by atoms with E-state index in [1.165, 1.54) is 0 Å². The highest BCUT2D eigenvalue weighted by molar-refractivity contribution is 7.84. The van der Waals surface area contributed by atoms with Crippen LogP contribution < -0.4 is 5.73 Å². The van der Waals surface area contributed by atoms with Gasteiger partial charge in [0.25, 0.3) is 0 Å². The van der Waals surface area contributed by atoms with Crippen LogP contribution in [0.25, 0.3) is 11.2 Å².